The highest BCUT2D eigenvalue weighted by molar-refractivity contribution is 5.83. The molecular formula is C17H22FNO. The topological polar surface area (TPSA) is 20.3 Å². The number of carbonyl (C=O) groups excluding carboxylic acids is 1. The molecular weight excluding hydrogens is 253 g/mol. The number of carbonyl (C=O) groups is 1. The second kappa shape index (κ2) is 5.55. The Morgan fingerprint density at radius 1 is 1.25 bits per heavy atom. The Kier molecular flexibility index (Phi) is 3.77. The fraction of sp³-hybridized carbons (Fsp3) is 0.588. The van der Waals surface area contributed by atoms with E-state index in [4.69, 9.17) is 0 Å². The van der Waals surface area contributed by atoms with Crippen LogP contribution in [0.3, 0.4) is 0 Å². The van der Waals surface area contributed by atoms with Crippen molar-refractivity contribution in [3.05, 3.63) is 35.6 Å². The van der Waals surface area contributed by atoms with Gasteiger partial charge < -0.3 is 4.90 Å². The van der Waals surface area contributed by atoms with Gasteiger partial charge in [-0.05, 0) is 49.8 Å². The van der Waals surface area contributed by atoms with Gasteiger partial charge in [-0.3, -0.25) is 4.79 Å². The van der Waals surface area contributed by atoms with Crippen LogP contribution >= 0.6 is 0 Å². The molecule has 2 atom stereocenters. The molecule has 108 valence electrons. The Morgan fingerprint density at radius 3 is 2.50 bits per heavy atom. The molecule has 0 bridgehead atoms. The van der Waals surface area contributed by atoms with E-state index in [0.717, 1.165) is 31.4 Å². The summed E-state index contributed by atoms with van der Waals surface area (Å²) < 4.78 is 12.9. The van der Waals surface area contributed by atoms with Gasteiger partial charge in [-0.2, -0.15) is 0 Å². The summed E-state index contributed by atoms with van der Waals surface area (Å²) >= 11 is 0. The minimum atomic E-state index is -0.210. The van der Waals surface area contributed by atoms with Crippen molar-refractivity contribution in [3.8, 4) is 0 Å². The molecule has 0 heterocycles. The Labute approximate surface area is 120 Å². The smallest absolute Gasteiger partial charge is 0.226 e. The van der Waals surface area contributed by atoms with Crippen molar-refractivity contribution in [2.75, 3.05) is 6.54 Å². The van der Waals surface area contributed by atoms with Gasteiger partial charge >= 0.3 is 0 Å². The summed E-state index contributed by atoms with van der Waals surface area (Å²) in [5.74, 6) is 0.534. The van der Waals surface area contributed by atoms with Crippen LogP contribution in [0.2, 0.25) is 0 Å². The molecule has 3 heteroatoms. The van der Waals surface area contributed by atoms with Gasteiger partial charge in [0.2, 0.25) is 5.91 Å². The van der Waals surface area contributed by atoms with Crippen LogP contribution in [-0.2, 0) is 4.79 Å². The molecule has 0 saturated heterocycles. The van der Waals surface area contributed by atoms with Gasteiger partial charge in [0.25, 0.3) is 0 Å². The van der Waals surface area contributed by atoms with Crippen molar-refractivity contribution in [1.29, 1.82) is 0 Å². The van der Waals surface area contributed by atoms with E-state index >= 15 is 0 Å². The maximum atomic E-state index is 12.9. The molecule has 20 heavy (non-hydrogen) atoms. The highest BCUT2D eigenvalue weighted by Gasteiger charge is 2.46. The van der Waals surface area contributed by atoms with Crippen LogP contribution in [0.4, 0.5) is 4.39 Å². The van der Waals surface area contributed by atoms with Crippen LogP contribution < -0.4 is 0 Å². The van der Waals surface area contributed by atoms with Crippen molar-refractivity contribution in [2.45, 2.75) is 51.0 Å². The van der Waals surface area contributed by atoms with E-state index in [0.29, 0.717) is 17.9 Å². The molecule has 2 aliphatic carbocycles. The lowest BCUT2D eigenvalue weighted by Crippen LogP contribution is -2.39. The molecule has 1 aromatic rings. The van der Waals surface area contributed by atoms with E-state index in [-0.39, 0.29) is 11.7 Å². The molecule has 0 aliphatic heterocycles. The molecule has 0 N–H and O–H groups in total. The monoisotopic (exact) mass is 275 g/mol. The van der Waals surface area contributed by atoms with Crippen LogP contribution in [-0.4, -0.2) is 23.4 Å². The summed E-state index contributed by atoms with van der Waals surface area (Å²) in [7, 11) is 0. The maximum Gasteiger partial charge on any atom is 0.226 e. The first-order chi connectivity index (χ1) is 9.70. The predicted octanol–water partition coefficient (Wildman–Crippen LogP) is 3.72. The number of hydrogen-bond donors (Lipinski definition) is 0. The van der Waals surface area contributed by atoms with Crippen LogP contribution in [0, 0.1) is 11.7 Å². The molecule has 2 fully saturated rings. The quantitative estimate of drug-likeness (QED) is 0.820. The van der Waals surface area contributed by atoms with Crippen molar-refractivity contribution < 1.29 is 9.18 Å². The summed E-state index contributed by atoms with van der Waals surface area (Å²) in [5.41, 5.74) is 1.10. The number of halogens is 1. The first-order valence-electron chi connectivity index (χ1n) is 7.76. The standard InChI is InChI=1S/C17H22FNO/c1-2-19(14-5-3-4-6-14)17(20)16-11-15(16)12-7-9-13(18)10-8-12/h7-10,14-16H,2-6,11H2,1H3. The first-order valence-corrected chi connectivity index (χ1v) is 7.76. The second-order valence-electron chi connectivity index (χ2n) is 6.06. The molecule has 0 radical (unpaired) electrons. The highest BCUT2D eigenvalue weighted by Crippen LogP contribution is 2.49. The average molecular weight is 275 g/mol. The largest absolute Gasteiger partial charge is 0.340 e. The van der Waals surface area contributed by atoms with Gasteiger partial charge in [-0.15, -0.1) is 0 Å². The van der Waals surface area contributed by atoms with Crippen LogP contribution in [0.1, 0.15) is 50.5 Å². The number of rotatable bonds is 4. The van der Waals surface area contributed by atoms with E-state index in [1.54, 1.807) is 0 Å². The SMILES string of the molecule is CCN(C(=O)C1CC1c1ccc(F)cc1)C1CCCC1. The van der Waals surface area contributed by atoms with E-state index < -0.39 is 0 Å². The Morgan fingerprint density at radius 2 is 1.90 bits per heavy atom. The fourth-order valence-electron chi connectivity index (χ4n) is 3.57. The lowest BCUT2D eigenvalue weighted by Gasteiger charge is -2.28. The zero-order valence-corrected chi connectivity index (χ0v) is 12.0. The van der Waals surface area contributed by atoms with E-state index in [2.05, 4.69) is 11.8 Å². The summed E-state index contributed by atoms with van der Waals surface area (Å²) in [6.07, 6.45) is 5.75. The molecule has 2 nitrogen and oxygen atoms in total. The molecule has 2 aliphatic rings. The number of hydrogen-bond acceptors (Lipinski definition) is 1. The lowest BCUT2D eigenvalue weighted by molar-refractivity contribution is -0.134. The second-order valence-corrected chi connectivity index (χ2v) is 6.06. The number of amides is 1. The maximum absolute atomic E-state index is 12.9. The summed E-state index contributed by atoms with van der Waals surface area (Å²) in [4.78, 5) is 14.7. The van der Waals surface area contributed by atoms with Gasteiger partial charge in [-0.25, -0.2) is 4.39 Å². The predicted molar refractivity (Wildman–Crippen MR) is 76.9 cm³/mol. The van der Waals surface area contributed by atoms with Gasteiger partial charge in [0.05, 0.1) is 0 Å². The Balaban J connectivity index is 1.65. The molecule has 3 rings (SSSR count). The van der Waals surface area contributed by atoms with E-state index in [9.17, 15) is 9.18 Å². The molecule has 0 aromatic heterocycles. The third-order valence-electron chi connectivity index (χ3n) is 4.80. The zero-order chi connectivity index (χ0) is 14.1. The Bertz CT molecular complexity index is 478. The number of benzene rings is 1. The number of nitrogens with zero attached hydrogens (tertiary/aromatic N) is 1. The zero-order valence-electron chi connectivity index (χ0n) is 12.0. The first kappa shape index (κ1) is 13.6. The highest BCUT2D eigenvalue weighted by atomic mass is 19.1. The van der Waals surface area contributed by atoms with Crippen molar-refractivity contribution in [3.63, 3.8) is 0 Å². The summed E-state index contributed by atoms with van der Waals surface area (Å²) in [6.45, 7) is 2.89. The molecule has 2 unspecified atom stereocenters. The van der Waals surface area contributed by atoms with E-state index in [1.807, 2.05) is 12.1 Å². The third kappa shape index (κ3) is 2.58. The van der Waals surface area contributed by atoms with Gasteiger partial charge in [0.1, 0.15) is 5.82 Å². The minimum absolute atomic E-state index is 0.126. The third-order valence-corrected chi connectivity index (χ3v) is 4.80. The van der Waals surface area contributed by atoms with Crippen LogP contribution in [0.5, 0.6) is 0 Å². The van der Waals surface area contributed by atoms with E-state index in [1.165, 1.54) is 25.0 Å². The molecule has 2 saturated carbocycles. The normalized spacial score (nSPS) is 25.7. The van der Waals surface area contributed by atoms with Crippen molar-refractivity contribution in [1.82, 2.24) is 4.90 Å². The van der Waals surface area contributed by atoms with Gasteiger partial charge in [0.15, 0.2) is 0 Å². The molecule has 1 aromatic carbocycles. The molecule has 0 spiro atoms. The molecule has 1 amide bonds. The van der Waals surface area contributed by atoms with Crippen molar-refractivity contribution in [2.24, 2.45) is 5.92 Å². The fourth-order valence-corrected chi connectivity index (χ4v) is 3.57. The lowest BCUT2D eigenvalue weighted by atomic mass is 10.1. The van der Waals surface area contributed by atoms with Crippen LogP contribution in [0.15, 0.2) is 24.3 Å². The Hall–Kier alpha value is -1.38. The summed E-state index contributed by atoms with van der Waals surface area (Å²) in [5, 5.41) is 0. The van der Waals surface area contributed by atoms with Crippen molar-refractivity contribution >= 4 is 5.91 Å². The van der Waals surface area contributed by atoms with Gasteiger partial charge in [-0.1, -0.05) is 25.0 Å². The van der Waals surface area contributed by atoms with Crippen LogP contribution in [0.25, 0.3) is 0 Å². The average Bonchev–Trinajstić information content (AvgIpc) is 3.08. The minimum Gasteiger partial charge on any atom is -0.340 e. The summed E-state index contributed by atoms with van der Waals surface area (Å²) in [6, 6.07) is 7.08. The van der Waals surface area contributed by atoms with Gasteiger partial charge in [0, 0.05) is 18.5 Å².